The number of rotatable bonds is 5. The van der Waals surface area contributed by atoms with E-state index in [1.165, 1.54) is 19.8 Å². The van der Waals surface area contributed by atoms with Crippen molar-refractivity contribution < 1.29 is 4.79 Å². The second kappa shape index (κ2) is 9.39. The van der Waals surface area contributed by atoms with Gasteiger partial charge in [-0.2, -0.15) is 0 Å². The Balaban J connectivity index is 1.41. The molecule has 2 aromatic heterocycles. The molecule has 5 heterocycles. The van der Waals surface area contributed by atoms with Crippen LogP contribution in [0.2, 0.25) is 0 Å². The maximum atomic E-state index is 13.6. The number of para-hydroxylation sites is 2. The summed E-state index contributed by atoms with van der Waals surface area (Å²) in [6.45, 7) is 4.76. The van der Waals surface area contributed by atoms with Crippen molar-refractivity contribution in [2.75, 3.05) is 30.3 Å². The predicted octanol–water partition coefficient (Wildman–Crippen LogP) is 5.20. The average Bonchev–Trinajstić information content (AvgIpc) is 3.37. The number of carbonyl (C=O) groups is 1. The number of hydrogen-bond donors (Lipinski definition) is 4. The number of fused-ring (bicyclic) bond motifs is 5. The van der Waals surface area contributed by atoms with Crippen LogP contribution in [0, 0.1) is 5.92 Å². The standard InChI is InChI=1S/C31H30N6O2/c1-18(38)32-22-6-4-5-20(15-22)21-9-10-24-23(16-21)29(33-27-17-37-13-11-19(27)12-14-37)28(31(39)36-24)30-34-25-7-2-3-8-26(25)35-30/h2-10,15-16,19,27H,11-14,17H2,1H3,(H,32,38)(H,34,35)(H2,33,36,39)/t27-/m0/s1. The van der Waals surface area contributed by atoms with Crippen molar-refractivity contribution in [3.63, 3.8) is 0 Å². The van der Waals surface area contributed by atoms with Gasteiger partial charge in [-0.15, -0.1) is 0 Å². The van der Waals surface area contributed by atoms with Gasteiger partial charge in [-0.25, -0.2) is 4.98 Å². The quantitative estimate of drug-likeness (QED) is 0.256. The Morgan fingerprint density at radius 2 is 1.77 bits per heavy atom. The minimum absolute atomic E-state index is 0.109. The lowest BCUT2D eigenvalue weighted by Gasteiger charge is -2.45. The van der Waals surface area contributed by atoms with Gasteiger partial charge in [0.05, 0.1) is 22.2 Å². The average molecular weight is 519 g/mol. The normalized spacial score (nSPS) is 20.4. The van der Waals surface area contributed by atoms with Crippen LogP contribution < -0.4 is 16.2 Å². The van der Waals surface area contributed by atoms with Crippen LogP contribution in [0.4, 0.5) is 11.4 Å². The maximum Gasteiger partial charge on any atom is 0.261 e. The van der Waals surface area contributed by atoms with Gasteiger partial charge >= 0.3 is 0 Å². The summed E-state index contributed by atoms with van der Waals surface area (Å²) in [5, 5.41) is 7.65. The monoisotopic (exact) mass is 518 g/mol. The van der Waals surface area contributed by atoms with Crippen molar-refractivity contribution in [3.05, 3.63) is 77.1 Å². The highest BCUT2D eigenvalue weighted by Gasteiger charge is 2.35. The number of amides is 1. The van der Waals surface area contributed by atoms with E-state index in [1.54, 1.807) is 0 Å². The van der Waals surface area contributed by atoms with Crippen molar-refractivity contribution in [1.82, 2.24) is 19.9 Å². The highest BCUT2D eigenvalue weighted by atomic mass is 16.1. The predicted molar refractivity (Wildman–Crippen MR) is 156 cm³/mol. The van der Waals surface area contributed by atoms with E-state index < -0.39 is 0 Å². The Hall–Kier alpha value is -4.43. The van der Waals surface area contributed by atoms with Crippen molar-refractivity contribution in [3.8, 4) is 22.5 Å². The first-order valence-corrected chi connectivity index (χ1v) is 13.5. The van der Waals surface area contributed by atoms with Gasteiger partial charge in [0.2, 0.25) is 5.91 Å². The molecule has 3 aliphatic rings. The minimum atomic E-state index is -0.175. The molecular formula is C31H30N6O2. The molecule has 2 bridgehead atoms. The zero-order valence-electron chi connectivity index (χ0n) is 21.8. The van der Waals surface area contributed by atoms with E-state index in [4.69, 9.17) is 4.98 Å². The van der Waals surface area contributed by atoms with Gasteiger partial charge in [-0.3, -0.25) is 9.59 Å². The second-order valence-electron chi connectivity index (χ2n) is 10.7. The Morgan fingerprint density at radius 1 is 0.949 bits per heavy atom. The van der Waals surface area contributed by atoms with Crippen molar-refractivity contribution in [1.29, 1.82) is 0 Å². The molecular weight excluding hydrogens is 488 g/mol. The molecule has 0 saturated carbocycles. The van der Waals surface area contributed by atoms with Gasteiger partial charge in [0, 0.05) is 30.6 Å². The molecule has 8 rings (SSSR count). The van der Waals surface area contributed by atoms with Gasteiger partial charge in [0.1, 0.15) is 11.4 Å². The molecule has 0 spiro atoms. The Labute approximate surface area is 225 Å². The van der Waals surface area contributed by atoms with Crippen molar-refractivity contribution in [2.24, 2.45) is 5.92 Å². The number of benzene rings is 3. The molecule has 1 amide bonds. The summed E-state index contributed by atoms with van der Waals surface area (Å²) in [7, 11) is 0. The molecule has 4 N–H and O–H groups in total. The number of piperidine rings is 3. The van der Waals surface area contributed by atoms with Gasteiger partial charge in [0.15, 0.2) is 0 Å². The van der Waals surface area contributed by atoms with Gasteiger partial charge in [-0.1, -0.05) is 30.3 Å². The molecule has 39 heavy (non-hydrogen) atoms. The molecule has 3 aromatic carbocycles. The molecule has 8 nitrogen and oxygen atoms in total. The second-order valence-corrected chi connectivity index (χ2v) is 10.7. The first-order valence-electron chi connectivity index (χ1n) is 13.5. The third-order valence-electron chi connectivity index (χ3n) is 8.14. The molecule has 3 aliphatic heterocycles. The number of anilines is 2. The number of imidazole rings is 1. The van der Waals surface area contributed by atoms with E-state index in [1.807, 2.05) is 60.7 Å². The maximum absolute atomic E-state index is 13.6. The highest BCUT2D eigenvalue weighted by Crippen LogP contribution is 2.37. The fourth-order valence-electron chi connectivity index (χ4n) is 6.21. The van der Waals surface area contributed by atoms with Crippen molar-refractivity contribution >= 4 is 39.2 Å². The van der Waals surface area contributed by atoms with E-state index in [2.05, 4.69) is 31.6 Å². The summed E-state index contributed by atoms with van der Waals surface area (Å²) in [5.74, 6) is 1.02. The fraction of sp³-hybridized carbons (Fsp3) is 0.258. The number of H-pyrrole nitrogens is 2. The Kier molecular flexibility index (Phi) is 5.70. The molecule has 0 aliphatic carbocycles. The van der Waals surface area contributed by atoms with Crippen LogP contribution in [0.3, 0.4) is 0 Å². The summed E-state index contributed by atoms with van der Waals surface area (Å²) in [4.78, 5) is 39.1. The van der Waals surface area contributed by atoms with E-state index in [-0.39, 0.29) is 17.5 Å². The van der Waals surface area contributed by atoms with E-state index >= 15 is 0 Å². The zero-order chi connectivity index (χ0) is 26.5. The highest BCUT2D eigenvalue weighted by molar-refractivity contribution is 6.01. The third kappa shape index (κ3) is 4.36. The largest absolute Gasteiger partial charge is 0.379 e. The van der Waals surface area contributed by atoms with Crippen LogP contribution in [-0.4, -0.2) is 51.4 Å². The summed E-state index contributed by atoms with van der Waals surface area (Å²) < 4.78 is 0. The third-order valence-corrected chi connectivity index (χ3v) is 8.14. The summed E-state index contributed by atoms with van der Waals surface area (Å²) >= 11 is 0. The Bertz CT molecular complexity index is 1750. The number of carbonyl (C=O) groups excluding carboxylic acids is 1. The smallest absolute Gasteiger partial charge is 0.261 e. The summed E-state index contributed by atoms with van der Waals surface area (Å²) in [6, 6.07) is 22.0. The van der Waals surface area contributed by atoms with E-state index in [0.29, 0.717) is 17.3 Å². The van der Waals surface area contributed by atoms with Crippen LogP contribution in [0.25, 0.3) is 44.5 Å². The molecule has 5 aromatic rings. The van der Waals surface area contributed by atoms with Crippen LogP contribution >= 0.6 is 0 Å². The molecule has 196 valence electrons. The summed E-state index contributed by atoms with van der Waals surface area (Å²) in [5.41, 5.74) is 6.37. The van der Waals surface area contributed by atoms with Gasteiger partial charge in [-0.05, 0) is 79.4 Å². The molecule has 8 heteroatoms. The number of hydrogen-bond acceptors (Lipinski definition) is 5. The van der Waals surface area contributed by atoms with E-state index in [0.717, 1.165) is 64.1 Å². The van der Waals surface area contributed by atoms with Crippen LogP contribution in [0.5, 0.6) is 0 Å². The first kappa shape index (κ1) is 23.7. The lowest BCUT2D eigenvalue weighted by Crippen LogP contribution is -2.53. The number of aromatic nitrogens is 3. The SMILES string of the molecule is CC(=O)Nc1cccc(-c2ccc3[nH]c(=O)c(-c4nc5ccccc5[nH]4)c(N[C@H]4CN5CCC4CC5)c3c2)c1. The molecule has 3 saturated heterocycles. The van der Waals surface area contributed by atoms with Gasteiger partial charge in [0.25, 0.3) is 5.56 Å². The van der Waals surface area contributed by atoms with Crippen LogP contribution in [0.15, 0.2) is 71.5 Å². The number of nitrogens with zero attached hydrogens (tertiary/aromatic N) is 2. The number of nitrogens with one attached hydrogen (secondary N) is 4. The van der Waals surface area contributed by atoms with Gasteiger partial charge < -0.3 is 25.5 Å². The summed E-state index contributed by atoms with van der Waals surface area (Å²) in [6.07, 6.45) is 2.33. The zero-order valence-corrected chi connectivity index (χ0v) is 21.8. The first-order chi connectivity index (χ1) is 19.0. The topological polar surface area (TPSA) is 106 Å². The molecule has 0 radical (unpaired) electrons. The molecule has 3 fully saturated rings. The van der Waals surface area contributed by atoms with Crippen LogP contribution in [-0.2, 0) is 4.79 Å². The minimum Gasteiger partial charge on any atom is -0.379 e. The van der Waals surface area contributed by atoms with E-state index in [9.17, 15) is 9.59 Å². The number of aromatic amines is 2. The van der Waals surface area contributed by atoms with Crippen molar-refractivity contribution in [2.45, 2.75) is 25.8 Å². The lowest BCUT2D eigenvalue weighted by molar-refractivity contribution is -0.114. The van der Waals surface area contributed by atoms with Crippen LogP contribution in [0.1, 0.15) is 19.8 Å². The number of pyridine rings is 1. The Morgan fingerprint density at radius 3 is 2.54 bits per heavy atom. The lowest BCUT2D eigenvalue weighted by atomic mass is 9.83. The fourth-order valence-corrected chi connectivity index (χ4v) is 6.21. The molecule has 0 unspecified atom stereocenters. The molecule has 1 atom stereocenters.